The Balaban J connectivity index is 2.44. The fraction of sp³-hybridized carbons (Fsp3) is 0.273. The fourth-order valence-electron chi connectivity index (χ4n) is 2.29. The van der Waals surface area contributed by atoms with Crippen molar-refractivity contribution in [2.75, 3.05) is 0 Å². The van der Waals surface area contributed by atoms with Crippen LogP contribution >= 0.6 is 15.9 Å². The molecule has 0 bridgehead atoms. The van der Waals surface area contributed by atoms with Crippen molar-refractivity contribution in [1.29, 1.82) is 0 Å². The highest BCUT2D eigenvalue weighted by Gasteiger charge is 2.21. The molecule has 0 saturated carbocycles. The van der Waals surface area contributed by atoms with Crippen LogP contribution in [0.4, 0.5) is 0 Å². The van der Waals surface area contributed by atoms with Crippen molar-refractivity contribution in [1.82, 2.24) is 4.57 Å². The van der Waals surface area contributed by atoms with Gasteiger partial charge in [0, 0.05) is 15.6 Å². The maximum absolute atomic E-state index is 6.07. The van der Waals surface area contributed by atoms with Gasteiger partial charge in [-0.1, -0.05) is 12.1 Å². The molecule has 0 amide bonds. The van der Waals surface area contributed by atoms with E-state index in [-0.39, 0.29) is 6.17 Å². The van der Waals surface area contributed by atoms with E-state index in [1.807, 2.05) is 0 Å². The van der Waals surface area contributed by atoms with Crippen molar-refractivity contribution in [3.05, 3.63) is 34.4 Å². The van der Waals surface area contributed by atoms with E-state index >= 15 is 0 Å². The largest absolute Gasteiger partial charge is 0.328 e. The number of halogens is 1. The van der Waals surface area contributed by atoms with Crippen LogP contribution in [-0.2, 0) is 6.42 Å². The Kier molecular flexibility index (Phi) is 1.73. The van der Waals surface area contributed by atoms with Gasteiger partial charge in [0.2, 0.25) is 0 Å². The van der Waals surface area contributed by atoms with Crippen LogP contribution in [0.15, 0.2) is 28.7 Å². The van der Waals surface area contributed by atoms with Gasteiger partial charge in [-0.25, -0.2) is 0 Å². The van der Waals surface area contributed by atoms with Gasteiger partial charge in [0.05, 0.1) is 11.7 Å². The average Bonchev–Trinajstić information content (AvgIpc) is 2.67. The number of hydrogen-bond donors (Lipinski definition) is 1. The molecule has 2 N–H and O–H groups in total. The molecule has 1 aliphatic heterocycles. The quantitative estimate of drug-likeness (QED) is 0.766. The van der Waals surface area contributed by atoms with Crippen LogP contribution in [0.3, 0.4) is 0 Å². The van der Waals surface area contributed by atoms with E-state index in [1.165, 1.54) is 16.6 Å². The first-order valence-corrected chi connectivity index (χ1v) is 5.60. The second kappa shape index (κ2) is 2.84. The van der Waals surface area contributed by atoms with Crippen LogP contribution in [-0.4, -0.2) is 4.57 Å². The molecule has 1 aromatic carbocycles. The Morgan fingerprint density at radius 2 is 2.29 bits per heavy atom. The van der Waals surface area contributed by atoms with E-state index in [2.05, 4.69) is 44.8 Å². The lowest BCUT2D eigenvalue weighted by molar-refractivity contribution is 0.566. The lowest BCUT2D eigenvalue weighted by Crippen LogP contribution is -2.13. The third-order valence-electron chi connectivity index (χ3n) is 2.92. The van der Waals surface area contributed by atoms with Gasteiger partial charge in [0.15, 0.2) is 0 Å². The number of benzene rings is 1. The molecule has 1 aliphatic rings. The summed E-state index contributed by atoms with van der Waals surface area (Å²) in [4.78, 5) is 0. The number of fused-ring (bicyclic) bond motifs is 3. The van der Waals surface area contributed by atoms with Crippen LogP contribution < -0.4 is 5.73 Å². The Hall–Kier alpha value is -0.800. The highest BCUT2D eigenvalue weighted by Crippen LogP contribution is 2.34. The maximum atomic E-state index is 6.07. The summed E-state index contributed by atoms with van der Waals surface area (Å²) in [6.07, 6.45) is 2.32. The second-order valence-corrected chi connectivity index (χ2v) is 4.64. The number of nitrogens with zero attached hydrogens (tertiary/aromatic N) is 1. The first kappa shape index (κ1) is 8.50. The van der Waals surface area contributed by atoms with Crippen molar-refractivity contribution in [3.63, 3.8) is 0 Å². The minimum Gasteiger partial charge on any atom is -0.328 e. The second-order valence-electron chi connectivity index (χ2n) is 3.79. The molecular formula is C11H11BrN2. The Morgan fingerprint density at radius 3 is 3.14 bits per heavy atom. The summed E-state index contributed by atoms with van der Waals surface area (Å²) in [6, 6.07) is 8.51. The molecular weight excluding hydrogens is 240 g/mol. The van der Waals surface area contributed by atoms with E-state index in [9.17, 15) is 0 Å². The van der Waals surface area contributed by atoms with Crippen molar-refractivity contribution >= 4 is 26.8 Å². The van der Waals surface area contributed by atoms with E-state index in [0.717, 1.165) is 17.3 Å². The van der Waals surface area contributed by atoms with Crippen LogP contribution in [0, 0.1) is 0 Å². The van der Waals surface area contributed by atoms with Crippen molar-refractivity contribution in [3.8, 4) is 0 Å². The van der Waals surface area contributed by atoms with E-state index in [1.54, 1.807) is 0 Å². The van der Waals surface area contributed by atoms with Crippen molar-refractivity contribution in [2.24, 2.45) is 5.73 Å². The van der Waals surface area contributed by atoms with Gasteiger partial charge >= 0.3 is 0 Å². The zero-order valence-electron chi connectivity index (χ0n) is 7.70. The van der Waals surface area contributed by atoms with Gasteiger partial charge < -0.3 is 10.3 Å². The molecule has 72 valence electrons. The van der Waals surface area contributed by atoms with E-state index < -0.39 is 0 Å². The molecule has 2 nitrogen and oxygen atoms in total. The third kappa shape index (κ3) is 0.996. The fourth-order valence-corrected chi connectivity index (χ4v) is 2.86. The molecule has 3 rings (SSSR count). The standard InChI is InChI=1S/C11H11BrN2/c12-9-3-1-2-7-6-8-4-5-10(13)14(8)11(7)9/h1-3,6,10H,4-5,13H2. The van der Waals surface area contributed by atoms with Gasteiger partial charge in [0.25, 0.3) is 0 Å². The number of hydrogen-bond acceptors (Lipinski definition) is 1. The topological polar surface area (TPSA) is 30.9 Å². The molecule has 1 unspecified atom stereocenters. The first-order valence-electron chi connectivity index (χ1n) is 4.81. The van der Waals surface area contributed by atoms with Gasteiger partial charge in [-0.2, -0.15) is 0 Å². The minimum absolute atomic E-state index is 0.154. The van der Waals surface area contributed by atoms with Crippen LogP contribution in [0.2, 0.25) is 0 Å². The third-order valence-corrected chi connectivity index (χ3v) is 3.56. The molecule has 1 aromatic heterocycles. The number of para-hydroxylation sites is 1. The monoisotopic (exact) mass is 250 g/mol. The molecule has 0 spiro atoms. The Labute approximate surface area is 90.8 Å². The molecule has 2 aromatic rings. The van der Waals surface area contributed by atoms with Gasteiger partial charge in [0.1, 0.15) is 0 Å². The number of rotatable bonds is 0. The molecule has 1 atom stereocenters. The highest BCUT2D eigenvalue weighted by molar-refractivity contribution is 9.10. The zero-order valence-corrected chi connectivity index (χ0v) is 9.29. The van der Waals surface area contributed by atoms with Crippen LogP contribution in [0.25, 0.3) is 10.9 Å². The molecule has 0 saturated heterocycles. The van der Waals surface area contributed by atoms with Crippen molar-refractivity contribution < 1.29 is 0 Å². The minimum atomic E-state index is 0.154. The predicted octanol–water partition coefficient (Wildman–Crippen LogP) is 2.81. The summed E-state index contributed by atoms with van der Waals surface area (Å²) < 4.78 is 3.39. The smallest absolute Gasteiger partial charge is 0.0821 e. The van der Waals surface area contributed by atoms with Crippen LogP contribution in [0.1, 0.15) is 18.3 Å². The first-order chi connectivity index (χ1) is 6.77. The summed E-state index contributed by atoms with van der Waals surface area (Å²) in [5.74, 6) is 0. The summed E-state index contributed by atoms with van der Waals surface area (Å²) in [5.41, 5.74) is 8.67. The maximum Gasteiger partial charge on any atom is 0.0821 e. The SMILES string of the molecule is NC1CCc2cc3cccc(Br)c3n21. The van der Waals surface area contributed by atoms with Crippen LogP contribution in [0.5, 0.6) is 0 Å². The molecule has 14 heavy (non-hydrogen) atoms. The lowest BCUT2D eigenvalue weighted by atomic mass is 10.2. The zero-order chi connectivity index (χ0) is 9.71. The summed E-state index contributed by atoms with van der Waals surface area (Å²) >= 11 is 3.58. The molecule has 0 aliphatic carbocycles. The van der Waals surface area contributed by atoms with E-state index in [4.69, 9.17) is 5.73 Å². The summed E-state index contributed by atoms with van der Waals surface area (Å²) in [6.45, 7) is 0. The van der Waals surface area contributed by atoms with Gasteiger partial charge in [-0.3, -0.25) is 0 Å². The average molecular weight is 251 g/mol. The summed E-state index contributed by atoms with van der Waals surface area (Å²) in [5, 5.41) is 1.28. The molecule has 3 heteroatoms. The normalized spacial score (nSPS) is 20.3. The molecule has 2 heterocycles. The number of aryl methyl sites for hydroxylation is 1. The van der Waals surface area contributed by atoms with Gasteiger partial charge in [-0.05, 0) is 40.9 Å². The predicted molar refractivity (Wildman–Crippen MR) is 61.2 cm³/mol. The molecule has 0 fully saturated rings. The molecule has 0 radical (unpaired) electrons. The lowest BCUT2D eigenvalue weighted by Gasteiger charge is -2.09. The van der Waals surface area contributed by atoms with Crippen molar-refractivity contribution in [2.45, 2.75) is 19.0 Å². The van der Waals surface area contributed by atoms with E-state index in [0.29, 0.717) is 0 Å². The highest BCUT2D eigenvalue weighted by atomic mass is 79.9. The van der Waals surface area contributed by atoms with Gasteiger partial charge in [-0.15, -0.1) is 0 Å². The Bertz CT molecular complexity index is 501. The Morgan fingerprint density at radius 1 is 1.43 bits per heavy atom. The number of aromatic nitrogens is 1. The summed E-state index contributed by atoms with van der Waals surface area (Å²) in [7, 11) is 0. The number of nitrogens with two attached hydrogens (primary N) is 1.